The summed E-state index contributed by atoms with van der Waals surface area (Å²) in [7, 11) is 1.60. The van der Waals surface area contributed by atoms with Gasteiger partial charge in [-0.1, -0.05) is 6.07 Å². The molecule has 3 nitrogen and oxygen atoms in total. The Morgan fingerprint density at radius 3 is 2.27 bits per heavy atom. The third-order valence-electron chi connectivity index (χ3n) is 2.41. The first-order valence-electron chi connectivity index (χ1n) is 4.43. The van der Waals surface area contributed by atoms with Gasteiger partial charge in [-0.2, -0.15) is 0 Å². The normalized spacial score (nSPS) is 11.7. The van der Waals surface area contributed by atoms with Gasteiger partial charge in [0.15, 0.2) is 0 Å². The van der Waals surface area contributed by atoms with Crippen LogP contribution in [0.1, 0.15) is 22.3 Å². The van der Waals surface area contributed by atoms with E-state index in [1.807, 2.05) is 0 Å². The van der Waals surface area contributed by atoms with Gasteiger partial charge in [0.2, 0.25) is 9.05 Å². The Morgan fingerprint density at radius 2 is 1.80 bits per heavy atom. The highest BCUT2D eigenvalue weighted by atomic mass is 35.7. The molecule has 0 saturated heterocycles. The van der Waals surface area contributed by atoms with Crippen molar-refractivity contribution >= 4 is 19.7 Å². The molecule has 0 heterocycles. The molecule has 5 heteroatoms. The molecule has 0 saturated carbocycles. The zero-order valence-electron chi connectivity index (χ0n) is 8.83. The van der Waals surface area contributed by atoms with Crippen molar-refractivity contribution in [1.29, 1.82) is 0 Å². The van der Waals surface area contributed by atoms with Crippen molar-refractivity contribution in [3.63, 3.8) is 0 Å². The van der Waals surface area contributed by atoms with Crippen LogP contribution in [-0.4, -0.2) is 13.5 Å². The second kappa shape index (κ2) is 4.02. The highest BCUT2D eigenvalue weighted by Gasteiger charge is 2.15. The van der Waals surface area contributed by atoms with Gasteiger partial charge in [-0.3, -0.25) is 0 Å². The number of benzene rings is 1. The Bertz CT molecular complexity index is 492. The lowest BCUT2D eigenvalue weighted by molar-refractivity contribution is 0.466. The van der Waals surface area contributed by atoms with Crippen LogP contribution >= 0.6 is 10.7 Å². The average molecular weight is 249 g/mol. The third kappa shape index (κ3) is 2.86. The number of aromatic hydroxyl groups is 1. The maximum absolute atomic E-state index is 11.0. The number of rotatable bonds is 2. The molecule has 0 bridgehead atoms. The first-order valence-corrected chi connectivity index (χ1v) is 6.91. The minimum atomic E-state index is -3.59. The zero-order chi connectivity index (χ0) is 11.8. The standard InChI is InChI=1S/C10H13ClO3S/c1-6-4-7(2)10(12)8(3)9(6)5-15(11,13)14/h4,12H,5H2,1-3H3. The monoisotopic (exact) mass is 248 g/mol. The number of phenols is 1. The fourth-order valence-corrected chi connectivity index (χ4v) is 2.73. The summed E-state index contributed by atoms with van der Waals surface area (Å²) in [6.07, 6.45) is 0. The predicted molar refractivity (Wildman–Crippen MR) is 60.8 cm³/mol. The van der Waals surface area contributed by atoms with Crippen molar-refractivity contribution in [3.05, 3.63) is 28.3 Å². The van der Waals surface area contributed by atoms with Gasteiger partial charge < -0.3 is 5.11 Å². The fraction of sp³-hybridized carbons (Fsp3) is 0.400. The van der Waals surface area contributed by atoms with Crippen LogP contribution in [-0.2, 0) is 14.8 Å². The van der Waals surface area contributed by atoms with Crippen molar-refractivity contribution in [3.8, 4) is 5.75 Å². The molecule has 0 aliphatic carbocycles. The molecule has 0 fully saturated rings. The van der Waals surface area contributed by atoms with Gasteiger partial charge in [0.25, 0.3) is 0 Å². The molecule has 0 radical (unpaired) electrons. The summed E-state index contributed by atoms with van der Waals surface area (Å²) in [6.45, 7) is 5.26. The number of hydrogen-bond donors (Lipinski definition) is 1. The Labute approximate surface area is 94.1 Å². The van der Waals surface area contributed by atoms with E-state index in [0.29, 0.717) is 11.1 Å². The highest BCUT2D eigenvalue weighted by molar-refractivity contribution is 8.13. The lowest BCUT2D eigenvalue weighted by atomic mass is 10.00. The molecule has 0 amide bonds. The largest absolute Gasteiger partial charge is 0.507 e. The third-order valence-corrected chi connectivity index (χ3v) is 3.37. The van der Waals surface area contributed by atoms with Crippen molar-refractivity contribution in [2.75, 3.05) is 0 Å². The molecule has 0 aliphatic rings. The van der Waals surface area contributed by atoms with Gasteiger partial charge in [-0.05, 0) is 43.0 Å². The molecule has 84 valence electrons. The average Bonchev–Trinajstić information content (AvgIpc) is 2.07. The van der Waals surface area contributed by atoms with E-state index in [9.17, 15) is 13.5 Å². The Morgan fingerprint density at radius 1 is 1.27 bits per heavy atom. The van der Waals surface area contributed by atoms with Gasteiger partial charge in [-0.25, -0.2) is 8.42 Å². The molecule has 0 aromatic heterocycles. The molecule has 0 spiro atoms. The van der Waals surface area contributed by atoms with Gasteiger partial charge in [-0.15, -0.1) is 0 Å². The fourth-order valence-electron chi connectivity index (χ4n) is 1.61. The second-order valence-corrected chi connectivity index (χ2v) is 6.42. The molecule has 1 aromatic rings. The van der Waals surface area contributed by atoms with Crippen LogP contribution in [0, 0.1) is 20.8 Å². The van der Waals surface area contributed by atoms with Crippen molar-refractivity contribution in [2.45, 2.75) is 26.5 Å². The van der Waals surface area contributed by atoms with E-state index in [4.69, 9.17) is 10.7 Å². The summed E-state index contributed by atoms with van der Waals surface area (Å²) < 4.78 is 22.0. The van der Waals surface area contributed by atoms with E-state index >= 15 is 0 Å². The van der Waals surface area contributed by atoms with Crippen LogP contribution in [0.5, 0.6) is 5.75 Å². The van der Waals surface area contributed by atoms with Crippen molar-refractivity contribution < 1.29 is 13.5 Å². The molecule has 15 heavy (non-hydrogen) atoms. The van der Waals surface area contributed by atoms with E-state index in [-0.39, 0.29) is 11.5 Å². The van der Waals surface area contributed by atoms with Crippen LogP contribution in [0.3, 0.4) is 0 Å². The number of hydrogen-bond acceptors (Lipinski definition) is 3. The van der Waals surface area contributed by atoms with Gasteiger partial charge >= 0.3 is 0 Å². The Balaban J connectivity index is 3.37. The minimum absolute atomic E-state index is 0.135. The van der Waals surface area contributed by atoms with Crippen molar-refractivity contribution in [1.82, 2.24) is 0 Å². The van der Waals surface area contributed by atoms with Crippen LogP contribution in [0.4, 0.5) is 0 Å². The zero-order valence-corrected chi connectivity index (χ0v) is 10.4. The number of halogens is 1. The summed E-state index contributed by atoms with van der Waals surface area (Å²) in [4.78, 5) is 0. The maximum Gasteiger partial charge on any atom is 0.236 e. The van der Waals surface area contributed by atoms with Gasteiger partial charge in [0.05, 0.1) is 5.75 Å². The van der Waals surface area contributed by atoms with Gasteiger partial charge in [0, 0.05) is 10.7 Å². The topological polar surface area (TPSA) is 54.4 Å². The van der Waals surface area contributed by atoms with Crippen LogP contribution < -0.4 is 0 Å². The minimum Gasteiger partial charge on any atom is -0.507 e. The van der Waals surface area contributed by atoms with Crippen LogP contribution in [0.15, 0.2) is 6.07 Å². The summed E-state index contributed by atoms with van der Waals surface area (Å²) in [5.74, 6) is -0.115. The van der Waals surface area contributed by atoms with Crippen molar-refractivity contribution in [2.24, 2.45) is 0 Å². The molecular formula is C10H13ClO3S. The van der Waals surface area contributed by atoms with E-state index < -0.39 is 9.05 Å². The second-order valence-electron chi connectivity index (χ2n) is 3.65. The summed E-state index contributed by atoms with van der Waals surface area (Å²) in [5.41, 5.74) is 2.72. The molecule has 0 aliphatic heterocycles. The molecular weight excluding hydrogens is 236 g/mol. The predicted octanol–water partition coefficient (Wildman–Crippen LogP) is 2.39. The van der Waals surface area contributed by atoms with Crippen LogP contribution in [0.25, 0.3) is 0 Å². The Kier molecular flexibility index (Phi) is 3.31. The molecule has 0 atom stereocenters. The SMILES string of the molecule is Cc1cc(C)c(CS(=O)(=O)Cl)c(C)c1O. The smallest absolute Gasteiger partial charge is 0.236 e. The number of phenolic OH excluding ortho intramolecular Hbond substituents is 1. The first kappa shape index (κ1) is 12.3. The summed E-state index contributed by atoms with van der Waals surface area (Å²) in [5, 5.41) is 9.67. The van der Waals surface area contributed by atoms with E-state index in [0.717, 1.165) is 11.1 Å². The quantitative estimate of drug-likeness (QED) is 0.818. The highest BCUT2D eigenvalue weighted by Crippen LogP contribution is 2.29. The Hall–Kier alpha value is -0.740. The lowest BCUT2D eigenvalue weighted by Crippen LogP contribution is -2.01. The van der Waals surface area contributed by atoms with Crippen LogP contribution in [0.2, 0.25) is 0 Å². The number of aryl methyl sites for hydroxylation is 2. The van der Waals surface area contributed by atoms with Gasteiger partial charge in [0.1, 0.15) is 5.75 Å². The first-order chi connectivity index (χ1) is 6.72. The summed E-state index contributed by atoms with van der Waals surface area (Å²) >= 11 is 0. The molecule has 1 rings (SSSR count). The van der Waals surface area contributed by atoms with E-state index in [1.165, 1.54) is 0 Å². The lowest BCUT2D eigenvalue weighted by Gasteiger charge is -2.12. The van der Waals surface area contributed by atoms with E-state index in [2.05, 4.69) is 0 Å². The summed E-state index contributed by atoms with van der Waals surface area (Å²) in [6, 6.07) is 1.75. The maximum atomic E-state index is 11.0. The molecule has 1 N–H and O–H groups in total. The molecule has 0 unspecified atom stereocenters. The van der Waals surface area contributed by atoms with E-state index in [1.54, 1.807) is 26.8 Å². The molecule has 1 aromatic carbocycles.